The highest BCUT2D eigenvalue weighted by Gasteiger charge is 2.30. The number of carbonyl (C=O) groups is 1. The molecule has 1 fully saturated rings. The van der Waals surface area contributed by atoms with E-state index in [0.717, 1.165) is 41.7 Å². The van der Waals surface area contributed by atoms with E-state index in [1.54, 1.807) is 18.2 Å². The van der Waals surface area contributed by atoms with E-state index in [2.05, 4.69) is 20.6 Å². The van der Waals surface area contributed by atoms with Crippen molar-refractivity contribution in [2.75, 3.05) is 11.9 Å². The molecule has 5 nitrogen and oxygen atoms in total. The van der Waals surface area contributed by atoms with E-state index in [4.69, 9.17) is 11.6 Å². The number of nitrogens with one attached hydrogen (secondary N) is 2. The number of alkyl halides is 3. The number of carbonyl (C=O) groups excluding carboxylic acids is 1. The molecule has 0 spiro atoms. The maximum absolute atomic E-state index is 12.8. The molecule has 1 saturated carbocycles. The van der Waals surface area contributed by atoms with E-state index in [0.29, 0.717) is 28.9 Å². The van der Waals surface area contributed by atoms with Crippen molar-refractivity contribution in [3.05, 3.63) is 64.4 Å². The maximum Gasteiger partial charge on any atom is 0.416 e. The topological polar surface area (TPSA) is 66.9 Å². The molecule has 1 heterocycles. The van der Waals surface area contributed by atoms with Crippen LogP contribution in [0, 0.1) is 0 Å². The van der Waals surface area contributed by atoms with Crippen molar-refractivity contribution >= 4 is 34.2 Å². The third-order valence-electron chi connectivity index (χ3n) is 5.01. The van der Waals surface area contributed by atoms with Gasteiger partial charge in [-0.15, -0.1) is 0 Å². The van der Waals surface area contributed by atoms with Gasteiger partial charge in [-0.2, -0.15) is 13.2 Å². The number of nitrogens with zero attached hydrogens (tertiary/aromatic N) is 2. The number of aromatic nitrogens is 2. The van der Waals surface area contributed by atoms with Gasteiger partial charge in [0.25, 0.3) is 0 Å². The van der Waals surface area contributed by atoms with Gasteiger partial charge in [0.1, 0.15) is 11.6 Å². The highest BCUT2D eigenvalue weighted by Crippen LogP contribution is 2.39. The second-order valence-electron chi connectivity index (χ2n) is 7.52. The highest BCUT2D eigenvalue weighted by atomic mass is 35.5. The largest absolute Gasteiger partial charge is 0.416 e. The number of fused-ring (bicyclic) bond motifs is 1. The second-order valence-corrected chi connectivity index (χ2v) is 7.95. The van der Waals surface area contributed by atoms with E-state index in [-0.39, 0.29) is 18.9 Å². The molecule has 2 N–H and O–H groups in total. The first-order valence-corrected chi connectivity index (χ1v) is 10.3. The van der Waals surface area contributed by atoms with Crippen LogP contribution in [-0.2, 0) is 17.5 Å². The van der Waals surface area contributed by atoms with Crippen LogP contribution in [0.25, 0.3) is 10.9 Å². The van der Waals surface area contributed by atoms with Gasteiger partial charge in [-0.1, -0.05) is 23.7 Å². The number of anilines is 1. The van der Waals surface area contributed by atoms with Gasteiger partial charge in [0, 0.05) is 35.8 Å². The minimum absolute atomic E-state index is 0.0313. The first-order chi connectivity index (χ1) is 14.8. The number of benzene rings is 2. The van der Waals surface area contributed by atoms with Gasteiger partial charge in [-0.3, -0.25) is 4.79 Å². The van der Waals surface area contributed by atoms with Crippen LogP contribution in [-0.4, -0.2) is 22.4 Å². The summed E-state index contributed by atoms with van der Waals surface area (Å²) in [7, 11) is 0. The zero-order valence-corrected chi connectivity index (χ0v) is 17.2. The van der Waals surface area contributed by atoms with Gasteiger partial charge >= 0.3 is 6.18 Å². The van der Waals surface area contributed by atoms with E-state index < -0.39 is 11.7 Å². The summed E-state index contributed by atoms with van der Waals surface area (Å²) in [5.41, 5.74) is 0.410. The summed E-state index contributed by atoms with van der Waals surface area (Å²) in [5, 5.41) is 7.24. The van der Waals surface area contributed by atoms with Crippen LogP contribution in [0.1, 0.15) is 42.1 Å². The number of rotatable bonds is 7. The molecule has 162 valence electrons. The zero-order valence-electron chi connectivity index (χ0n) is 16.5. The molecule has 0 bridgehead atoms. The smallest absolute Gasteiger partial charge is 0.369 e. The SMILES string of the molecule is O=C(CCNc1nc(C2CC2)nc2cc(Cl)ccc12)NCc1cccc(C(F)(F)F)c1. The maximum atomic E-state index is 12.8. The van der Waals surface area contributed by atoms with Crippen molar-refractivity contribution < 1.29 is 18.0 Å². The average Bonchev–Trinajstić information content (AvgIpc) is 3.57. The Morgan fingerprint density at radius 3 is 2.68 bits per heavy atom. The lowest BCUT2D eigenvalue weighted by atomic mass is 10.1. The van der Waals surface area contributed by atoms with Crippen LogP contribution >= 0.6 is 11.6 Å². The Bertz CT molecular complexity index is 1120. The van der Waals surface area contributed by atoms with Crippen molar-refractivity contribution in [1.82, 2.24) is 15.3 Å². The molecule has 0 unspecified atom stereocenters. The molecule has 0 saturated heterocycles. The Labute approximate surface area is 182 Å². The molecular formula is C22H20ClF3N4O. The fourth-order valence-electron chi connectivity index (χ4n) is 3.22. The van der Waals surface area contributed by atoms with Gasteiger partial charge < -0.3 is 10.6 Å². The molecule has 1 amide bonds. The molecule has 3 aromatic rings. The molecule has 0 radical (unpaired) electrons. The molecular weight excluding hydrogens is 429 g/mol. The minimum atomic E-state index is -4.41. The monoisotopic (exact) mass is 448 g/mol. The lowest BCUT2D eigenvalue weighted by Gasteiger charge is -2.12. The Hall–Kier alpha value is -2.87. The van der Waals surface area contributed by atoms with Gasteiger partial charge in [0.15, 0.2) is 0 Å². The predicted molar refractivity (Wildman–Crippen MR) is 113 cm³/mol. The number of halogens is 4. The van der Waals surface area contributed by atoms with Gasteiger partial charge in [-0.05, 0) is 48.7 Å². The van der Waals surface area contributed by atoms with Crippen molar-refractivity contribution in [2.24, 2.45) is 0 Å². The van der Waals surface area contributed by atoms with Gasteiger partial charge in [-0.25, -0.2) is 9.97 Å². The minimum Gasteiger partial charge on any atom is -0.369 e. The van der Waals surface area contributed by atoms with Crippen LogP contribution in [0.2, 0.25) is 5.02 Å². The molecule has 1 aliphatic carbocycles. The summed E-state index contributed by atoms with van der Waals surface area (Å²) < 4.78 is 38.4. The van der Waals surface area contributed by atoms with Crippen molar-refractivity contribution in [3.63, 3.8) is 0 Å². The number of amides is 1. The van der Waals surface area contributed by atoms with Crippen LogP contribution in [0.4, 0.5) is 19.0 Å². The van der Waals surface area contributed by atoms with Crippen LogP contribution in [0.5, 0.6) is 0 Å². The fourth-order valence-corrected chi connectivity index (χ4v) is 3.39. The van der Waals surface area contributed by atoms with Crippen LogP contribution < -0.4 is 10.6 Å². The third-order valence-corrected chi connectivity index (χ3v) is 5.24. The van der Waals surface area contributed by atoms with Gasteiger partial charge in [0.2, 0.25) is 5.91 Å². The first-order valence-electron chi connectivity index (χ1n) is 9.93. The number of hydrogen-bond donors (Lipinski definition) is 2. The standard InChI is InChI=1S/C22H20ClF3N4O/c23-16-6-7-17-18(11-16)29-20(14-4-5-14)30-21(17)27-9-8-19(31)28-12-13-2-1-3-15(10-13)22(24,25)26/h1-3,6-7,10-11,14H,4-5,8-9,12H2,(H,28,31)(H,27,29,30). The van der Waals surface area contributed by atoms with E-state index >= 15 is 0 Å². The van der Waals surface area contributed by atoms with E-state index in [1.165, 1.54) is 6.07 Å². The van der Waals surface area contributed by atoms with E-state index in [9.17, 15) is 18.0 Å². The zero-order chi connectivity index (χ0) is 22.0. The predicted octanol–water partition coefficient (Wildman–Crippen LogP) is 5.30. The fraction of sp³-hybridized carbons (Fsp3) is 0.318. The highest BCUT2D eigenvalue weighted by molar-refractivity contribution is 6.31. The summed E-state index contributed by atoms with van der Waals surface area (Å²) in [6, 6.07) is 10.3. The summed E-state index contributed by atoms with van der Waals surface area (Å²) in [6.45, 7) is 0.358. The lowest BCUT2D eigenvalue weighted by Crippen LogP contribution is -2.25. The van der Waals surface area contributed by atoms with Crippen molar-refractivity contribution in [3.8, 4) is 0 Å². The Kier molecular flexibility index (Phi) is 6.00. The molecule has 1 aromatic heterocycles. The molecule has 0 aliphatic heterocycles. The van der Waals surface area contributed by atoms with E-state index in [1.807, 2.05) is 6.07 Å². The van der Waals surface area contributed by atoms with Crippen molar-refractivity contribution in [1.29, 1.82) is 0 Å². The quantitative estimate of drug-likeness (QED) is 0.515. The molecule has 1 aliphatic rings. The molecule has 4 rings (SSSR count). The Balaban J connectivity index is 1.35. The molecule has 31 heavy (non-hydrogen) atoms. The molecule has 0 atom stereocenters. The Morgan fingerprint density at radius 2 is 1.94 bits per heavy atom. The van der Waals surface area contributed by atoms with Crippen LogP contribution in [0.15, 0.2) is 42.5 Å². The lowest BCUT2D eigenvalue weighted by molar-refractivity contribution is -0.137. The third kappa shape index (κ3) is 5.44. The van der Waals surface area contributed by atoms with Crippen LogP contribution in [0.3, 0.4) is 0 Å². The summed E-state index contributed by atoms with van der Waals surface area (Å²) in [6.07, 6.45) is -2.14. The summed E-state index contributed by atoms with van der Waals surface area (Å²) in [4.78, 5) is 21.4. The van der Waals surface area contributed by atoms with Crippen molar-refractivity contribution in [2.45, 2.75) is 37.9 Å². The summed E-state index contributed by atoms with van der Waals surface area (Å²) in [5.74, 6) is 1.51. The first kappa shape index (κ1) is 21.4. The average molecular weight is 449 g/mol. The summed E-state index contributed by atoms with van der Waals surface area (Å²) >= 11 is 6.09. The Morgan fingerprint density at radius 1 is 1.13 bits per heavy atom. The molecule has 2 aromatic carbocycles. The normalized spacial score (nSPS) is 13.9. The number of hydrogen-bond acceptors (Lipinski definition) is 4. The molecule has 9 heteroatoms. The van der Waals surface area contributed by atoms with Gasteiger partial charge in [0.05, 0.1) is 11.1 Å². The second kappa shape index (κ2) is 8.70.